The zero-order chi connectivity index (χ0) is 22.7. The Labute approximate surface area is 189 Å². The van der Waals surface area contributed by atoms with Crippen LogP contribution in [0.3, 0.4) is 0 Å². The van der Waals surface area contributed by atoms with Gasteiger partial charge in [-0.15, -0.1) is 0 Å². The second-order valence-electron chi connectivity index (χ2n) is 8.92. The summed E-state index contributed by atoms with van der Waals surface area (Å²) in [5.41, 5.74) is 3.39. The van der Waals surface area contributed by atoms with Crippen LogP contribution in [0.5, 0.6) is 23.0 Å². The fourth-order valence-electron chi connectivity index (χ4n) is 4.60. The minimum Gasteiger partial charge on any atom is -0.492 e. The van der Waals surface area contributed by atoms with Crippen LogP contribution < -0.4 is 18.9 Å². The number of fused-ring (bicyclic) bond motifs is 2. The van der Waals surface area contributed by atoms with Crippen LogP contribution in [-0.4, -0.2) is 58.7 Å². The maximum Gasteiger partial charge on any atom is 0.231 e. The van der Waals surface area contributed by atoms with Gasteiger partial charge in [0.15, 0.2) is 18.3 Å². The summed E-state index contributed by atoms with van der Waals surface area (Å²) in [5, 5.41) is 0. The molecule has 7 nitrogen and oxygen atoms in total. The minimum absolute atomic E-state index is 0.0144. The maximum atomic E-state index is 13.1. The number of methoxy groups -OCH3 is 2. The molecule has 7 heteroatoms. The highest BCUT2D eigenvalue weighted by Gasteiger charge is 2.42. The van der Waals surface area contributed by atoms with Gasteiger partial charge in [0.25, 0.3) is 0 Å². The van der Waals surface area contributed by atoms with Crippen molar-refractivity contribution in [3.8, 4) is 23.0 Å². The molecule has 0 fully saturated rings. The monoisotopic (exact) mass is 442 g/mol. The van der Waals surface area contributed by atoms with E-state index in [-0.39, 0.29) is 25.4 Å². The highest BCUT2D eigenvalue weighted by Crippen LogP contribution is 2.51. The molecule has 172 valence electrons. The lowest BCUT2D eigenvalue weighted by Crippen LogP contribution is -2.48. The van der Waals surface area contributed by atoms with E-state index in [4.69, 9.17) is 23.7 Å². The molecular weight excluding hydrogens is 410 g/mol. The first kappa shape index (κ1) is 22.4. The minimum atomic E-state index is 0.0144. The fourth-order valence-corrected chi connectivity index (χ4v) is 4.60. The summed E-state index contributed by atoms with van der Waals surface area (Å²) in [7, 11) is 7.62. The number of carbonyl (C=O) groups is 1. The van der Waals surface area contributed by atoms with Crippen LogP contribution in [0.25, 0.3) is 0 Å². The highest BCUT2D eigenvalue weighted by atomic mass is 16.7. The van der Waals surface area contributed by atoms with Crippen molar-refractivity contribution < 1.29 is 33.0 Å². The number of Topliss-reactive ketones (excluding diaryl/α,β-unsaturated/α-hetero) is 1. The smallest absolute Gasteiger partial charge is 0.231 e. The number of aryl methyl sites for hydroxylation is 1. The van der Waals surface area contributed by atoms with Gasteiger partial charge in [-0.3, -0.25) is 4.79 Å². The number of carbonyl (C=O) groups excluding carboxylic acids is 1. The lowest BCUT2D eigenvalue weighted by Gasteiger charge is -2.43. The third-order valence-corrected chi connectivity index (χ3v) is 6.46. The van der Waals surface area contributed by atoms with Crippen LogP contribution in [0.4, 0.5) is 0 Å². The van der Waals surface area contributed by atoms with Gasteiger partial charge in [0.05, 0.1) is 39.7 Å². The Morgan fingerprint density at radius 2 is 1.94 bits per heavy atom. The van der Waals surface area contributed by atoms with Crippen LogP contribution >= 0.6 is 0 Å². The van der Waals surface area contributed by atoms with Gasteiger partial charge in [-0.05, 0) is 35.7 Å². The molecule has 0 aliphatic carbocycles. The lowest BCUT2D eigenvalue weighted by atomic mass is 9.86. The number of hydrogen-bond acceptors (Lipinski definition) is 6. The molecule has 32 heavy (non-hydrogen) atoms. The number of ether oxygens (including phenoxy) is 5. The van der Waals surface area contributed by atoms with Gasteiger partial charge >= 0.3 is 0 Å². The van der Waals surface area contributed by atoms with Gasteiger partial charge in [0, 0.05) is 20.0 Å². The van der Waals surface area contributed by atoms with Crippen LogP contribution in [0, 0.1) is 0 Å². The molecule has 1 unspecified atom stereocenters. The Balaban J connectivity index is 1.48. The SMILES string of the molecule is COCOc1ccc(CCC(=O)CC2c3c(cc4c(c3OC)OCO4)CC[N+]2(C)C)cc1. The topological polar surface area (TPSA) is 63.2 Å². The van der Waals surface area contributed by atoms with Gasteiger partial charge in [0.1, 0.15) is 17.6 Å². The first-order valence-corrected chi connectivity index (χ1v) is 11.0. The largest absolute Gasteiger partial charge is 0.492 e. The van der Waals surface area contributed by atoms with E-state index < -0.39 is 0 Å². The van der Waals surface area contributed by atoms with Gasteiger partial charge in [-0.2, -0.15) is 0 Å². The molecule has 2 aromatic carbocycles. The number of nitrogens with zero attached hydrogens (tertiary/aromatic N) is 1. The molecular formula is C25H32NO6+. The Morgan fingerprint density at radius 1 is 1.16 bits per heavy atom. The summed E-state index contributed by atoms with van der Waals surface area (Å²) in [5.74, 6) is 3.10. The number of hydrogen-bond donors (Lipinski definition) is 0. The predicted octanol–water partition coefficient (Wildman–Crippen LogP) is 3.67. The van der Waals surface area contributed by atoms with Gasteiger partial charge in [-0.1, -0.05) is 12.1 Å². The van der Waals surface area contributed by atoms with Crippen LogP contribution in [0.15, 0.2) is 30.3 Å². The van der Waals surface area contributed by atoms with Crippen molar-refractivity contribution in [2.75, 3.05) is 48.4 Å². The predicted molar refractivity (Wildman–Crippen MR) is 119 cm³/mol. The lowest BCUT2D eigenvalue weighted by molar-refractivity contribution is -0.922. The molecule has 0 amide bonds. The van der Waals surface area contributed by atoms with E-state index in [2.05, 4.69) is 20.2 Å². The van der Waals surface area contributed by atoms with E-state index in [1.54, 1.807) is 14.2 Å². The van der Waals surface area contributed by atoms with Crippen molar-refractivity contribution in [2.24, 2.45) is 0 Å². The Kier molecular flexibility index (Phi) is 6.58. The van der Waals surface area contributed by atoms with Gasteiger partial charge < -0.3 is 28.2 Å². The van der Waals surface area contributed by atoms with Crippen molar-refractivity contribution in [3.63, 3.8) is 0 Å². The third-order valence-electron chi connectivity index (χ3n) is 6.46. The summed E-state index contributed by atoms with van der Waals surface area (Å²) >= 11 is 0. The molecule has 2 aliphatic heterocycles. The van der Waals surface area contributed by atoms with Gasteiger partial charge in [0.2, 0.25) is 12.5 Å². The molecule has 0 saturated heterocycles. The normalized spacial score (nSPS) is 18.2. The number of ketones is 1. The first-order valence-electron chi connectivity index (χ1n) is 11.0. The second kappa shape index (κ2) is 9.38. The van der Waals surface area contributed by atoms with Crippen LogP contribution in [0.1, 0.15) is 35.6 Å². The molecule has 0 aromatic heterocycles. The Bertz CT molecular complexity index is 969. The Hall–Kier alpha value is -2.77. The van der Waals surface area contributed by atoms with Crippen molar-refractivity contribution in [1.29, 1.82) is 0 Å². The molecule has 0 bridgehead atoms. The molecule has 0 spiro atoms. The molecule has 2 aliphatic rings. The zero-order valence-electron chi connectivity index (χ0n) is 19.3. The summed E-state index contributed by atoms with van der Waals surface area (Å²) in [6.45, 7) is 1.38. The molecule has 4 rings (SSSR count). The van der Waals surface area contributed by atoms with E-state index >= 15 is 0 Å². The first-order chi connectivity index (χ1) is 15.4. The van der Waals surface area contributed by atoms with Crippen molar-refractivity contribution in [1.82, 2.24) is 0 Å². The highest BCUT2D eigenvalue weighted by molar-refractivity contribution is 5.80. The van der Waals surface area contributed by atoms with Crippen molar-refractivity contribution in [2.45, 2.75) is 31.7 Å². The van der Waals surface area contributed by atoms with Crippen molar-refractivity contribution >= 4 is 5.78 Å². The number of rotatable bonds is 9. The van der Waals surface area contributed by atoms with E-state index in [0.29, 0.717) is 30.8 Å². The Morgan fingerprint density at radius 3 is 2.66 bits per heavy atom. The summed E-state index contributed by atoms with van der Waals surface area (Å²) in [6, 6.07) is 9.88. The van der Waals surface area contributed by atoms with Crippen LogP contribution in [-0.2, 0) is 22.4 Å². The van der Waals surface area contributed by atoms with E-state index in [1.807, 2.05) is 24.3 Å². The standard InChI is InChI=1S/C25H32NO6/c1-26(2)12-11-18-13-22-24(32-16-31-22)25(29-4)23(18)21(26)14-19(27)8-5-17-6-9-20(10-7-17)30-15-28-3/h6-7,9-10,13,21H,5,8,11-12,14-16H2,1-4H3/q+1. The quantitative estimate of drug-likeness (QED) is 0.436. The van der Waals surface area contributed by atoms with E-state index in [9.17, 15) is 4.79 Å². The maximum absolute atomic E-state index is 13.1. The van der Waals surface area contributed by atoms with Crippen LogP contribution in [0.2, 0.25) is 0 Å². The van der Waals surface area contributed by atoms with Crippen molar-refractivity contribution in [3.05, 3.63) is 47.0 Å². The summed E-state index contributed by atoms with van der Waals surface area (Å²) in [6.07, 6.45) is 2.58. The summed E-state index contributed by atoms with van der Waals surface area (Å²) in [4.78, 5) is 13.1. The molecule has 1 atom stereocenters. The number of likely N-dealkylation sites (N-methyl/N-ethyl adjacent to an activating group) is 1. The molecule has 0 N–H and O–H groups in total. The van der Waals surface area contributed by atoms with E-state index in [0.717, 1.165) is 40.1 Å². The van der Waals surface area contributed by atoms with Gasteiger partial charge in [-0.25, -0.2) is 0 Å². The zero-order valence-corrected chi connectivity index (χ0v) is 19.3. The average molecular weight is 443 g/mol. The molecule has 0 saturated carbocycles. The second-order valence-corrected chi connectivity index (χ2v) is 8.92. The van der Waals surface area contributed by atoms with E-state index in [1.165, 1.54) is 5.56 Å². The molecule has 0 radical (unpaired) electrons. The number of benzene rings is 2. The summed E-state index contributed by atoms with van der Waals surface area (Å²) < 4.78 is 28.2. The third kappa shape index (κ3) is 4.54. The number of quaternary nitrogens is 1. The average Bonchev–Trinajstić information content (AvgIpc) is 3.26. The fraction of sp³-hybridized carbons (Fsp3) is 0.480. The molecule has 2 aromatic rings. The molecule has 2 heterocycles.